The summed E-state index contributed by atoms with van der Waals surface area (Å²) in [7, 11) is 1.59. The summed E-state index contributed by atoms with van der Waals surface area (Å²) in [4.78, 5) is 14.5. The topological polar surface area (TPSA) is 63.9 Å². The fourth-order valence-corrected chi connectivity index (χ4v) is 2.73. The van der Waals surface area contributed by atoms with Crippen molar-refractivity contribution in [2.24, 2.45) is 0 Å². The van der Waals surface area contributed by atoms with E-state index >= 15 is 0 Å². The lowest BCUT2D eigenvalue weighted by Crippen LogP contribution is -2.38. The monoisotopic (exact) mass is 318 g/mol. The molecule has 6 nitrogen and oxygen atoms in total. The Morgan fingerprint density at radius 2 is 2.17 bits per heavy atom. The Kier molecular flexibility index (Phi) is 5.15. The van der Waals surface area contributed by atoms with Gasteiger partial charge in [-0.15, -0.1) is 0 Å². The number of hydrogen-bond acceptors (Lipinski definition) is 5. The van der Waals surface area contributed by atoms with Crippen LogP contribution in [0.4, 0.5) is 0 Å². The molecule has 1 amide bonds. The van der Waals surface area contributed by atoms with Crippen LogP contribution < -0.4 is 10.1 Å². The highest BCUT2D eigenvalue weighted by atomic mass is 16.5. The van der Waals surface area contributed by atoms with Gasteiger partial charge in [0.05, 0.1) is 20.3 Å². The number of para-hydroxylation sites is 1. The summed E-state index contributed by atoms with van der Waals surface area (Å²) < 4.78 is 16.2. The van der Waals surface area contributed by atoms with Crippen molar-refractivity contribution in [2.45, 2.75) is 6.42 Å². The fourth-order valence-electron chi connectivity index (χ4n) is 2.73. The summed E-state index contributed by atoms with van der Waals surface area (Å²) >= 11 is 0. The second kappa shape index (κ2) is 7.48. The SMILES string of the molecule is COc1cccc2cc(C(=O)NCCCN3CCOCC3)oc12. The van der Waals surface area contributed by atoms with Crippen molar-refractivity contribution in [1.29, 1.82) is 0 Å². The molecule has 2 heterocycles. The van der Waals surface area contributed by atoms with Crippen molar-refractivity contribution in [3.8, 4) is 5.75 Å². The Morgan fingerprint density at radius 1 is 1.35 bits per heavy atom. The minimum Gasteiger partial charge on any atom is -0.493 e. The van der Waals surface area contributed by atoms with Crippen LogP contribution in [0.5, 0.6) is 5.75 Å². The molecule has 1 saturated heterocycles. The third-order valence-corrected chi connectivity index (χ3v) is 3.99. The lowest BCUT2D eigenvalue weighted by molar-refractivity contribution is 0.0374. The maximum absolute atomic E-state index is 12.2. The van der Waals surface area contributed by atoms with E-state index in [9.17, 15) is 4.79 Å². The Morgan fingerprint density at radius 3 is 2.96 bits per heavy atom. The molecular weight excluding hydrogens is 296 g/mol. The second-order valence-electron chi connectivity index (χ2n) is 5.55. The van der Waals surface area contributed by atoms with Crippen molar-refractivity contribution in [1.82, 2.24) is 10.2 Å². The molecular formula is C17H22N2O4. The normalized spacial score (nSPS) is 15.7. The van der Waals surface area contributed by atoms with Crippen LogP contribution in [0.1, 0.15) is 17.0 Å². The Hall–Kier alpha value is -2.05. The van der Waals surface area contributed by atoms with Crippen LogP contribution in [-0.4, -0.2) is 57.3 Å². The summed E-state index contributed by atoms with van der Waals surface area (Å²) in [5.74, 6) is 0.759. The van der Waals surface area contributed by atoms with E-state index in [1.165, 1.54) is 0 Å². The summed E-state index contributed by atoms with van der Waals surface area (Å²) in [5, 5.41) is 3.77. The van der Waals surface area contributed by atoms with Gasteiger partial charge in [-0.1, -0.05) is 12.1 Å². The van der Waals surface area contributed by atoms with E-state index in [2.05, 4.69) is 10.2 Å². The summed E-state index contributed by atoms with van der Waals surface area (Å²) in [6, 6.07) is 7.34. The van der Waals surface area contributed by atoms with E-state index in [-0.39, 0.29) is 5.91 Å². The average Bonchev–Trinajstić information content (AvgIpc) is 3.03. The summed E-state index contributed by atoms with van der Waals surface area (Å²) in [5.41, 5.74) is 0.605. The number of furan rings is 1. The zero-order chi connectivity index (χ0) is 16.1. The zero-order valence-corrected chi connectivity index (χ0v) is 13.3. The Balaban J connectivity index is 1.52. The average molecular weight is 318 g/mol. The smallest absolute Gasteiger partial charge is 0.287 e. The molecule has 124 valence electrons. The predicted molar refractivity (Wildman–Crippen MR) is 87.0 cm³/mol. The van der Waals surface area contributed by atoms with Gasteiger partial charge in [0.1, 0.15) is 0 Å². The predicted octanol–water partition coefficient (Wildman–Crippen LogP) is 1.89. The van der Waals surface area contributed by atoms with Crippen molar-refractivity contribution in [3.05, 3.63) is 30.0 Å². The standard InChI is InChI=1S/C17H22N2O4/c1-21-14-5-2-4-13-12-15(23-16(13)14)17(20)18-6-3-7-19-8-10-22-11-9-19/h2,4-5,12H,3,6-11H2,1H3,(H,18,20). The van der Waals surface area contributed by atoms with E-state index in [1.54, 1.807) is 13.2 Å². The first-order valence-corrected chi connectivity index (χ1v) is 7.93. The van der Waals surface area contributed by atoms with Gasteiger partial charge >= 0.3 is 0 Å². The van der Waals surface area contributed by atoms with Gasteiger partial charge in [-0.25, -0.2) is 0 Å². The molecule has 0 atom stereocenters. The lowest BCUT2D eigenvalue weighted by atomic mass is 10.2. The van der Waals surface area contributed by atoms with Crippen LogP contribution in [0.15, 0.2) is 28.7 Å². The molecule has 6 heteroatoms. The van der Waals surface area contributed by atoms with Gasteiger partial charge in [0.15, 0.2) is 17.1 Å². The summed E-state index contributed by atoms with van der Waals surface area (Å²) in [6.45, 7) is 5.14. The maximum Gasteiger partial charge on any atom is 0.287 e. The molecule has 0 bridgehead atoms. The van der Waals surface area contributed by atoms with Gasteiger partial charge in [0.25, 0.3) is 5.91 Å². The van der Waals surface area contributed by atoms with Gasteiger partial charge < -0.3 is 19.2 Å². The Bertz CT molecular complexity index is 662. The number of amides is 1. The van der Waals surface area contributed by atoms with Gasteiger partial charge in [0, 0.05) is 25.0 Å². The number of carbonyl (C=O) groups excluding carboxylic acids is 1. The van der Waals surface area contributed by atoms with Gasteiger partial charge in [-0.2, -0.15) is 0 Å². The first-order valence-electron chi connectivity index (χ1n) is 7.93. The van der Waals surface area contributed by atoms with Gasteiger partial charge in [-0.05, 0) is 25.1 Å². The van der Waals surface area contributed by atoms with Crippen molar-refractivity contribution >= 4 is 16.9 Å². The first-order chi connectivity index (χ1) is 11.3. The third kappa shape index (κ3) is 3.83. The highest BCUT2D eigenvalue weighted by molar-refractivity contribution is 5.97. The number of morpholine rings is 1. The number of nitrogens with one attached hydrogen (secondary N) is 1. The van der Waals surface area contributed by atoms with E-state index in [0.29, 0.717) is 23.6 Å². The number of rotatable bonds is 6. The minimum atomic E-state index is -0.190. The van der Waals surface area contributed by atoms with Crippen LogP contribution in [-0.2, 0) is 4.74 Å². The molecule has 0 aliphatic carbocycles. The fraction of sp³-hybridized carbons (Fsp3) is 0.471. The molecule has 1 fully saturated rings. The number of ether oxygens (including phenoxy) is 2. The van der Waals surface area contributed by atoms with Crippen molar-refractivity contribution in [3.63, 3.8) is 0 Å². The molecule has 1 aliphatic heterocycles. The van der Waals surface area contributed by atoms with Crippen LogP contribution in [0, 0.1) is 0 Å². The van der Waals surface area contributed by atoms with Crippen molar-refractivity contribution < 1.29 is 18.7 Å². The maximum atomic E-state index is 12.2. The van der Waals surface area contributed by atoms with E-state index in [4.69, 9.17) is 13.9 Å². The molecule has 1 aromatic carbocycles. The molecule has 1 aromatic heterocycles. The second-order valence-corrected chi connectivity index (χ2v) is 5.55. The molecule has 0 radical (unpaired) electrons. The van der Waals surface area contributed by atoms with E-state index in [1.807, 2.05) is 18.2 Å². The quantitative estimate of drug-likeness (QED) is 0.824. The van der Waals surface area contributed by atoms with Crippen LogP contribution in [0.25, 0.3) is 11.0 Å². The molecule has 1 aliphatic rings. The van der Waals surface area contributed by atoms with Crippen LogP contribution in [0.3, 0.4) is 0 Å². The lowest BCUT2D eigenvalue weighted by Gasteiger charge is -2.26. The largest absolute Gasteiger partial charge is 0.493 e. The van der Waals surface area contributed by atoms with Gasteiger partial charge in [-0.3, -0.25) is 9.69 Å². The first kappa shape index (κ1) is 15.8. The Labute approximate surface area is 135 Å². The molecule has 0 spiro atoms. The zero-order valence-electron chi connectivity index (χ0n) is 13.3. The van der Waals surface area contributed by atoms with Crippen LogP contribution >= 0.6 is 0 Å². The van der Waals surface area contributed by atoms with E-state index < -0.39 is 0 Å². The molecule has 3 rings (SSSR count). The number of hydrogen-bond donors (Lipinski definition) is 1. The molecule has 23 heavy (non-hydrogen) atoms. The number of fused-ring (bicyclic) bond motifs is 1. The molecule has 1 N–H and O–H groups in total. The number of carbonyl (C=O) groups is 1. The highest BCUT2D eigenvalue weighted by Gasteiger charge is 2.15. The van der Waals surface area contributed by atoms with Crippen LogP contribution in [0.2, 0.25) is 0 Å². The number of methoxy groups -OCH3 is 1. The number of nitrogens with zero attached hydrogens (tertiary/aromatic N) is 1. The van der Waals surface area contributed by atoms with E-state index in [0.717, 1.165) is 44.7 Å². The summed E-state index contributed by atoms with van der Waals surface area (Å²) in [6.07, 6.45) is 0.912. The third-order valence-electron chi connectivity index (χ3n) is 3.99. The highest BCUT2D eigenvalue weighted by Crippen LogP contribution is 2.28. The molecule has 0 saturated carbocycles. The molecule has 0 unspecified atom stereocenters. The molecule has 2 aromatic rings. The number of benzene rings is 1. The minimum absolute atomic E-state index is 0.190. The van der Waals surface area contributed by atoms with Crippen molar-refractivity contribution in [2.75, 3.05) is 46.5 Å². The van der Waals surface area contributed by atoms with Gasteiger partial charge in [0.2, 0.25) is 0 Å².